The summed E-state index contributed by atoms with van der Waals surface area (Å²) in [4.78, 5) is 10.9. The maximum Gasteiger partial charge on any atom is 0.385 e. The number of aromatic nitrogens is 2. The van der Waals surface area contributed by atoms with Gasteiger partial charge in [0.2, 0.25) is 0 Å². The summed E-state index contributed by atoms with van der Waals surface area (Å²) in [6.07, 6.45) is 2.31. The number of rotatable bonds is 3. The molecular formula is C7H7ClF2N2O. The number of nitrogens with zero attached hydrogens (tertiary/aromatic N) is 2. The fraction of sp³-hybridized carbons (Fsp3) is 0.429. The van der Waals surface area contributed by atoms with Crippen molar-refractivity contribution in [1.29, 1.82) is 0 Å². The largest absolute Gasteiger partial charge is 0.385 e. The smallest absolute Gasteiger partial charge is 0.286 e. The highest BCUT2D eigenvalue weighted by Crippen LogP contribution is 2.23. The Kier molecular flexibility index (Phi) is 2.66. The molecule has 0 aliphatic rings. The van der Waals surface area contributed by atoms with E-state index < -0.39 is 11.2 Å². The second-order valence-electron chi connectivity index (χ2n) is 2.41. The third-order valence-corrected chi connectivity index (χ3v) is 1.65. The number of carbonyl (C=O) groups excluding carboxylic acids is 1. The molecule has 0 aliphatic carbocycles. The van der Waals surface area contributed by atoms with Gasteiger partial charge in [0.1, 0.15) is 0 Å². The number of aryl methyl sites for hydroxylation is 1. The number of hydrogen-bond acceptors (Lipinski definition) is 2. The molecule has 1 rings (SSSR count). The molecule has 0 bridgehead atoms. The molecule has 72 valence electrons. The normalized spacial score (nSPS) is 11.7. The van der Waals surface area contributed by atoms with E-state index in [1.165, 1.54) is 10.9 Å². The molecule has 13 heavy (non-hydrogen) atoms. The lowest BCUT2D eigenvalue weighted by molar-refractivity contribution is 0.0536. The van der Waals surface area contributed by atoms with Crippen LogP contribution < -0.4 is 0 Å². The van der Waals surface area contributed by atoms with Gasteiger partial charge >= 0.3 is 5.38 Å². The molecular weight excluding hydrogens is 202 g/mol. The Balaban J connectivity index is 2.90. The minimum absolute atomic E-state index is 0.179. The van der Waals surface area contributed by atoms with E-state index in [-0.39, 0.29) is 5.56 Å². The van der Waals surface area contributed by atoms with Crippen LogP contribution in [0, 0.1) is 0 Å². The van der Waals surface area contributed by atoms with Gasteiger partial charge < -0.3 is 0 Å². The van der Waals surface area contributed by atoms with E-state index in [0.29, 0.717) is 6.54 Å². The van der Waals surface area contributed by atoms with Crippen molar-refractivity contribution in [3.63, 3.8) is 0 Å². The van der Waals surface area contributed by atoms with Crippen LogP contribution in [-0.2, 0) is 6.54 Å². The minimum Gasteiger partial charge on any atom is -0.286 e. The van der Waals surface area contributed by atoms with Gasteiger partial charge in [-0.25, -0.2) is 0 Å². The SMILES string of the molecule is CCn1cc(C(=O)C(F)(F)Cl)cn1. The van der Waals surface area contributed by atoms with Crippen molar-refractivity contribution in [2.24, 2.45) is 0 Å². The first-order valence-electron chi connectivity index (χ1n) is 3.59. The van der Waals surface area contributed by atoms with Crippen molar-refractivity contribution in [3.8, 4) is 0 Å². The Morgan fingerprint density at radius 2 is 2.38 bits per heavy atom. The van der Waals surface area contributed by atoms with Gasteiger partial charge in [0.15, 0.2) is 0 Å². The summed E-state index contributed by atoms with van der Waals surface area (Å²) in [5.41, 5.74) is -0.179. The van der Waals surface area contributed by atoms with E-state index in [2.05, 4.69) is 16.7 Å². The van der Waals surface area contributed by atoms with E-state index in [0.717, 1.165) is 6.20 Å². The van der Waals surface area contributed by atoms with Gasteiger partial charge in [0.25, 0.3) is 5.78 Å². The highest BCUT2D eigenvalue weighted by atomic mass is 35.5. The molecule has 0 atom stereocenters. The molecule has 0 aromatic carbocycles. The fourth-order valence-corrected chi connectivity index (χ4v) is 0.927. The van der Waals surface area contributed by atoms with Gasteiger partial charge in [-0.3, -0.25) is 9.48 Å². The Morgan fingerprint density at radius 1 is 1.77 bits per heavy atom. The van der Waals surface area contributed by atoms with E-state index in [1.54, 1.807) is 6.92 Å². The van der Waals surface area contributed by atoms with E-state index in [9.17, 15) is 13.6 Å². The Bertz CT molecular complexity index is 319. The first-order valence-corrected chi connectivity index (χ1v) is 3.97. The number of hydrogen-bond donors (Lipinski definition) is 0. The molecule has 1 aromatic rings. The first-order chi connectivity index (χ1) is 5.95. The van der Waals surface area contributed by atoms with Crippen LogP contribution in [-0.4, -0.2) is 20.9 Å². The highest BCUT2D eigenvalue weighted by molar-refractivity contribution is 6.35. The average Bonchev–Trinajstić information content (AvgIpc) is 2.48. The quantitative estimate of drug-likeness (QED) is 0.562. The van der Waals surface area contributed by atoms with Crippen LogP contribution in [0.15, 0.2) is 12.4 Å². The molecule has 6 heteroatoms. The number of halogens is 3. The Hall–Kier alpha value is -0.970. The predicted molar refractivity (Wildman–Crippen MR) is 43.0 cm³/mol. The molecule has 0 fully saturated rings. The van der Waals surface area contributed by atoms with Crippen molar-refractivity contribution < 1.29 is 13.6 Å². The van der Waals surface area contributed by atoms with Crippen molar-refractivity contribution >= 4 is 17.4 Å². The van der Waals surface area contributed by atoms with Crippen LogP contribution >= 0.6 is 11.6 Å². The summed E-state index contributed by atoms with van der Waals surface area (Å²) < 4.78 is 26.0. The van der Waals surface area contributed by atoms with Crippen molar-refractivity contribution in [2.75, 3.05) is 0 Å². The summed E-state index contributed by atoms with van der Waals surface area (Å²) >= 11 is 4.55. The number of ketones is 1. The molecule has 0 saturated heterocycles. The minimum atomic E-state index is -3.85. The van der Waals surface area contributed by atoms with Crippen LogP contribution in [0.1, 0.15) is 17.3 Å². The molecule has 1 aromatic heterocycles. The van der Waals surface area contributed by atoms with Gasteiger partial charge in [-0.05, 0) is 18.5 Å². The van der Waals surface area contributed by atoms with E-state index in [1.807, 2.05) is 0 Å². The Labute approximate surface area is 78.3 Å². The molecule has 1 heterocycles. The molecule has 0 radical (unpaired) electrons. The Morgan fingerprint density at radius 3 is 2.77 bits per heavy atom. The molecule has 0 N–H and O–H groups in total. The molecule has 0 amide bonds. The zero-order valence-corrected chi connectivity index (χ0v) is 7.55. The molecule has 3 nitrogen and oxygen atoms in total. The summed E-state index contributed by atoms with van der Waals surface area (Å²) in [7, 11) is 0. The molecule has 0 aliphatic heterocycles. The zero-order valence-electron chi connectivity index (χ0n) is 6.80. The summed E-state index contributed by atoms with van der Waals surface area (Å²) in [6, 6.07) is 0. The van der Waals surface area contributed by atoms with Crippen molar-refractivity contribution in [1.82, 2.24) is 9.78 Å². The second-order valence-corrected chi connectivity index (χ2v) is 2.89. The third-order valence-electron chi connectivity index (χ3n) is 1.48. The predicted octanol–water partition coefficient (Wildman–Crippen LogP) is 1.92. The maximum atomic E-state index is 12.3. The number of Topliss-reactive ketones (excluding diaryl/α,β-unsaturated/α-hetero) is 1. The maximum absolute atomic E-state index is 12.3. The van der Waals surface area contributed by atoms with Gasteiger partial charge in [-0.15, -0.1) is 0 Å². The number of carbonyl (C=O) groups is 1. The first kappa shape index (κ1) is 10.1. The highest BCUT2D eigenvalue weighted by Gasteiger charge is 2.37. The van der Waals surface area contributed by atoms with Crippen LogP contribution in [0.3, 0.4) is 0 Å². The fourth-order valence-electron chi connectivity index (χ4n) is 0.817. The van der Waals surface area contributed by atoms with Crippen LogP contribution in [0.25, 0.3) is 0 Å². The lowest BCUT2D eigenvalue weighted by Gasteiger charge is -2.02. The van der Waals surface area contributed by atoms with E-state index >= 15 is 0 Å². The van der Waals surface area contributed by atoms with E-state index in [4.69, 9.17) is 0 Å². The number of alkyl halides is 3. The standard InChI is InChI=1S/C7H7ClF2N2O/c1-2-12-4-5(3-11-12)6(13)7(8,9)10/h3-4H,2H2,1H3. The van der Waals surface area contributed by atoms with Gasteiger partial charge in [-0.2, -0.15) is 13.9 Å². The van der Waals surface area contributed by atoms with Crippen LogP contribution in [0.2, 0.25) is 0 Å². The summed E-state index contributed by atoms with van der Waals surface area (Å²) in [5, 5.41) is -0.173. The van der Waals surface area contributed by atoms with Gasteiger partial charge in [0.05, 0.1) is 11.8 Å². The average molecular weight is 209 g/mol. The summed E-state index contributed by atoms with van der Waals surface area (Å²) in [6.45, 7) is 2.29. The zero-order chi connectivity index (χ0) is 10.1. The van der Waals surface area contributed by atoms with Crippen LogP contribution in [0.5, 0.6) is 0 Å². The molecule has 0 unspecified atom stereocenters. The van der Waals surface area contributed by atoms with Crippen molar-refractivity contribution in [3.05, 3.63) is 18.0 Å². The second kappa shape index (κ2) is 3.41. The lowest BCUT2D eigenvalue weighted by atomic mass is 10.2. The lowest BCUT2D eigenvalue weighted by Crippen LogP contribution is -2.20. The molecule has 0 saturated carbocycles. The van der Waals surface area contributed by atoms with Gasteiger partial charge in [0, 0.05) is 12.7 Å². The molecule has 0 spiro atoms. The van der Waals surface area contributed by atoms with Gasteiger partial charge in [-0.1, -0.05) is 0 Å². The third kappa shape index (κ3) is 2.24. The van der Waals surface area contributed by atoms with Crippen molar-refractivity contribution in [2.45, 2.75) is 18.9 Å². The monoisotopic (exact) mass is 208 g/mol. The summed E-state index contributed by atoms with van der Waals surface area (Å²) in [5.74, 6) is -1.42. The van der Waals surface area contributed by atoms with Crippen LogP contribution in [0.4, 0.5) is 8.78 Å². The topological polar surface area (TPSA) is 34.9 Å².